The van der Waals surface area contributed by atoms with Crippen LogP contribution < -0.4 is 4.72 Å². The number of nitrogens with one attached hydrogen (secondary N) is 1. The first-order valence-corrected chi connectivity index (χ1v) is 5.69. The molecule has 0 atom stereocenters. The molecule has 0 fully saturated rings. The molecule has 2 heterocycles. The minimum absolute atomic E-state index is 0.159. The molecule has 13 heavy (non-hydrogen) atoms. The molecule has 70 valence electrons. The first-order valence-electron chi connectivity index (χ1n) is 4.03. The van der Waals surface area contributed by atoms with Gasteiger partial charge in [0.15, 0.2) is 0 Å². The van der Waals surface area contributed by atoms with Crippen molar-refractivity contribution in [2.75, 3.05) is 10.5 Å². The van der Waals surface area contributed by atoms with Gasteiger partial charge in [0, 0.05) is 6.20 Å². The van der Waals surface area contributed by atoms with E-state index in [1.807, 2.05) is 13.0 Å². The highest BCUT2D eigenvalue weighted by Gasteiger charge is 2.21. The third-order valence-electron chi connectivity index (χ3n) is 2.16. The second-order valence-corrected chi connectivity index (χ2v) is 4.97. The summed E-state index contributed by atoms with van der Waals surface area (Å²) in [5.41, 5.74) is 2.10. The molecule has 2 rings (SSSR count). The number of pyridine rings is 1. The molecular formula is C8H10N2O2S. The maximum Gasteiger partial charge on any atom is 0.234 e. The van der Waals surface area contributed by atoms with Gasteiger partial charge in [0.1, 0.15) is 5.82 Å². The highest BCUT2D eigenvalue weighted by Crippen LogP contribution is 2.22. The van der Waals surface area contributed by atoms with E-state index in [1.54, 1.807) is 6.20 Å². The van der Waals surface area contributed by atoms with Crippen LogP contribution in [-0.4, -0.2) is 19.2 Å². The van der Waals surface area contributed by atoms with E-state index >= 15 is 0 Å². The van der Waals surface area contributed by atoms with Gasteiger partial charge in [-0.25, -0.2) is 13.4 Å². The zero-order chi connectivity index (χ0) is 9.47. The fraction of sp³-hybridized carbons (Fsp3) is 0.375. The average Bonchev–Trinajstić information content (AvgIpc) is 2.02. The Balaban J connectivity index is 2.54. The molecule has 0 unspecified atom stereocenters. The minimum atomic E-state index is -3.13. The maximum absolute atomic E-state index is 11.2. The van der Waals surface area contributed by atoms with Crippen molar-refractivity contribution in [2.45, 2.75) is 13.3 Å². The molecule has 0 spiro atoms. The Labute approximate surface area is 77.1 Å². The Morgan fingerprint density at radius 2 is 2.31 bits per heavy atom. The largest absolute Gasteiger partial charge is 0.267 e. The number of fused-ring (bicyclic) bond motifs is 1. The summed E-state index contributed by atoms with van der Waals surface area (Å²) in [6, 6.07) is 1.89. The van der Waals surface area contributed by atoms with E-state index in [0.29, 0.717) is 12.2 Å². The number of anilines is 1. The van der Waals surface area contributed by atoms with Crippen LogP contribution in [0.15, 0.2) is 12.3 Å². The smallest absolute Gasteiger partial charge is 0.234 e. The monoisotopic (exact) mass is 198 g/mol. The van der Waals surface area contributed by atoms with Crippen LogP contribution in [0.5, 0.6) is 0 Å². The lowest BCUT2D eigenvalue weighted by Gasteiger charge is -2.18. The molecule has 0 aromatic carbocycles. The fourth-order valence-electron chi connectivity index (χ4n) is 1.43. The summed E-state index contributed by atoms with van der Waals surface area (Å²) in [5, 5.41) is 0. The second kappa shape index (κ2) is 2.70. The van der Waals surface area contributed by atoms with Gasteiger partial charge in [-0.1, -0.05) is 0 Å². The second-order valence-electron chi connectivity index (χ2n) is 3.13. The Bertz CT molecular complexity index is 439. The van der Waals surface area contributed by atoms with Gasteiger partial charge >= 0.3 is 0 Å². The first kappa shape index (κ1) is 8.50. The lowest BCUT2D eigenvalue weighted by atomic mass is 10.1. The molecule has 0 radical (unpaired) electrons. The zero-order valence-electron chi connectivity index (χ0n) is 7.24. The minimum Gasteiger partial charge on any atom is -0.267 e. The molecule has 0 saturated carbocycles. The number of hydrogen-bond donors (Lipinski definition) is 1. The summed E-state index contributed by atoms with van der Waals surface area (Å²) in [5.74, 6) is 0.651. The molecule has 0 bridgehead atoms. The van der Waals surface area contributed by atoms with Crippen LogP contribution in [0.4, 0.5) is 5.82 Å². The summed E-state index contributed by atoms with van der Waals surface area (Å²) in [6.07, 6.45) is 2.17. The van der Waals surface area contributed by atoms with E-state index in [-0.39, 0.29) is 5.75 Å². The number of sulfonamides is 1. The van der Waals surface area contributed by atoms with Crippen molar-refractivity contribution < 1.29 is 8.42 Å². The fourth-order valence-corrected chi connectivity index (χ4v) is 2.47. The van der Waals surface area contributed by atoms with Crippen LogP contribution in [0.2, 0.25) is 0 Å². The standard InChI is InChI=1S/C8H10N2O2S/c1-6-2-4-9-8-7(6)3-5-13(11,12)10-8/h2,4H,3,5H2,1H3,(H,9,10). The van der Waals surface area contributed by atoms with Crippen LogP contribution in [0.3, 0.4) is 0 Å². The van der Waals surface area contributed by atoms with Gasteiger partial charge in [-0.15, -0.1) is 0 Å². The van der Waals surface area contributed by atoms with E-state index in [0.717, 1.165) is 11.1 Å². The summed E-state index contributed by atoms with van der Waals surface area (Å²) < 4.78 is 24.8. The normalized spacial score (nSPS) is 18.8. The number of hydrogen-bond acceptors (Lipinski definition) is 3. The highest BCUT2D eigenvalue weighted by atomic mass is 32.2. The van der Waals surface area contributed by atoms with Gasteiger partial charge in [0.25, 0.3) is 0 Å². The SMILES string of the molecule is Cc1ccnc2c1CCS(=O)(=O)N2. The number of aryl methyl sites for hydroxylation is 1. The predicted octanol–water partition coefficient (Wildman–Crippen LogP) is 0.688. The lowest BCUT2D eigenvalue weighted by molar-refractivity contribution is 0.598. The Morgan fingerprint density at radius 3 is 3.08 bits per heavy atom. The average molecular weight is 198 g/mol. The van der Waals surface area contributed by atoms with Crippen molar-refractivity contribution >= 4 is 15.8 Å². The molecular weight excluding hydrogens is 188 g/mol. The van der Waals surface area contributed by atoms with Crippen LogP contribution in [0.25, 0.3) is 0 Å². The van der Waals surface area contributed by atoms with Gasteiger partial charge in [0.2, 0.25) is 10.0 Å². The summed E-state index contributed by atoms with van der Waals surface area (Å²) >= 11 is 0. The quantitative estimate of drug-likeness (QED) is 0.667. The van der Waals surface area contributed by atoms with E-state index < -0.39 is 10.0 Å². The number of nitrogens with zero attached hydrogens (tertiary/aromatic N) is 1. The molecule has 1 aliphatic rings. The van der Waals surface area contributed by atoms with Gasteiger partial charge in [0.05, 0.1) is 5.75 Å². The van der Waals surface area contributed by atoms with Crippen LogP contribution in [0, 0.1) is 6.92 Å². The molecule has 0 amide bonds. The van der Waals surface area contributed by atoms with Gasteiger partial charge < -0.3 is 0 Å². The van der Waals surface area contributed by atoms with Crippen molar-refractivity contribution in [3.05, 3.63) is 23.4 Å². The number of aromatic nitrogens is 1. The van der Waals surface area contributed by atoms with Crippen molar-refractivity contribution in [3.63, 3.8) is 0 Å². The summed E-state index contributed by atoms with van der Waals surface area (Å²) in [4.78, 5) is 3.99. The molecule has 1 N–H and O–H groups in total. The molecule has 0 saturated heterocycles. The van der Waals surface area contributed by atoms with E-state index in [4.69, 9.17) is 0 Å². The Hall–Kier alpha value is -1.10. The van der Waals surface area contributed by atoms with Crippen molar-refractivity contribution in [1.82, 2.24) is 4.98 Å². The molecule has 5 heteroatoms. The highest BCUT2D eigenvalue weighted by molar-refractivity contribution is 7.92. The molecule has 1 aliphatic heterocycles. The third-order valence-corrected chi connectivity index (χ3v) is 3.41. The maximum atomic E-state index is 11.2. The van der Waals surface area contributed by atoms with Gasteiger partial charge in [-0.2, -0.15) is 0 Å². The first-order chi connectivity index (χ1) is 6.08. The van der Waals surface area contributed by atoms with Gasteiger partial charge in [-0.3, -0.25) is 4.72 Å². The topological polar surface area (TPSA) is 59.1 Å². The predicted molar refractivity (Wildman–Crippen MR) is 50.1 cm³/mol. The van der Waals surface area contributed by atoms with E-state index in [2.05, 4.69) is 9.71 Å². The zero-order valence-corrected chi connectivity index (χ0v) is 8.06. The van der Waals surface area contributed by atoms with Crippen molar-refractivity contribution in [1.29, 1.82) is 0 Å². The molecule has 1 aromatic rings. The van der Waals surface area contributed by atoms with Crippen molar-refractivity contribution in [3.8, 4) is 0 Å². The Kier molecular flexibility index (Phi) is 1.76. The summed E-state index contributed by atoms with van der Waals surface area (Å²) in [6.45, 7) is 1.96. The van der Waals surface area contributed by atoms with Gasteiger partial charge in [-0.05, 0) is 30.5 Å². The molecule has 1 aromatic heterocycles. The van der Waals surface area contributed by atoms with E-state index in [1.165, 1.54) is 0 Å². The molecule has 0 aliphatic carbocycles. The van der Waals surface area contributed by atoms with Crippen LogP contribution >= 0.6 is 0 Å². The van der Waals surface area contributed by atoms with Crippen LogP contribution in [-0.2, 0) is 16.4 Å². The lowest BCUT2D eigenvalue weighted by Crippen LogP contribution is -2.25. The van der Waals surface area contributed by atoms with E-state index in [9.17, 15) is 8.42 Å². The third kappa shape index (κ3) is 1.51. The molecule has 4 nitrogen and oxygen atoms in total. The Morgan fingerprint density at radius 1 is 1.54 bits per heavy atom. The number of rotatable bonds is 0. The summed E-state index contributed by atoms with van der Waals surface area (Å²) in [7, 11) is -3.13. The van der Waals surface area contributed by atoms with Crippen LogP contribution in [0.1, 0.15) is 11.1 Å². The van der Waals surface area contributed by atoms with Crippen molar-refractivity contribution in [2.24, 2.45) is 0 Å².